The summed E-state index contributed by atoms with van der Waals surface area (Å²) in [6, 6.07) is 7.15. The van der Waals surface area contributed by atoms with Crippen molar-refractivity contribution in [1.82, 2.24) is 4.90 Å². The van der Waals surface area contributed by atoms with Gasteiger partial charge in [-0.15, -0.1) is 0 Å². The minimum absolute atomic E-state index is 0.215. The average Bonchev–Trinajstić information content (AvgIpc) is 2.79. The molecule has 0 aliphatic carbocycles. The lowest BCUT2D eigenvalue weighted by molar-refractivity contribution is 0.0293. The summed E-state index contributed by atoms with van der Waals surface area (Å²) >= 11 is 0. The fourth-order valence-electron chi connectivity index (χ4n) is 2.16. The van der Waals surface area contributed by atoms with Gasteiger partial charge in [0.25, 0.3) is 0 Å². The van der Waals surface area contributed by atoms with Crippen LogP contribution in [-0.4, -0.2) is 40.8 Å². The van der Waals surface area contributed by atoms with Gasteiger partial charge >= 0.3 is 6.09 Å². The highest BCUT2D eigenvalue weighted by Crippen LogP contribution is 2.20. The van der Waals surface area contributed by atoms with E-state index in [-0.39, 0.29) is 17.9 Å². The topological polar surface area (TPSA) is 61.8 Å². The molecule has 5 nitrogen and oxygen atoms in total. The summed E-state index contributed by atoms with van der Waals surface area (Å²) in [6.45, 7) is 6.94. The molecule has 1 heterocycles. The number of hydrogen-bond donors (Lipinski definition) is 2. The largest absolute Gasteiger partial charge is 0.508 e. The molecule has 1 atom stereocenters. The van der Waals surface area contributed by atoms with Gasteiger partial charge in [0.1, 0.15) is 11.4 Å². The number of phenolic OH excluding ortho intramolecular Hbond substituents is 1. The Balaban J connectivity index is 1.86. The summed E-state index contributed by atoms with van der Waals surface area (Å²) in [7, 11) is 0. The molecule has 0 radical (unpaired) electrons. The second kappa shape index (κ2) is 5.61. The number of likely N-dealkylation sites (tertiary alicyclic amines) is 1. The first-order valence-corrected chi connectivity index (χ1v) is 6.87. The first-order chi connectivity index (χ1) is 9.33. The highest BCUT2D eigenvalue weighted by Gasteiger charge is 2.29. The molecule has 1 aliphatic heterocycles. The Hall–Kier alpha value is -1.91. The van der Waals surface area contributed by atoms with Crippen molar-refractivity contribution < 1.29 is 14.6 Å². The van der Waals surface area contributed by atoms with Crippen molar-refractivity contribution in [3.05, 3.63) is 24.3 Å². The summed E-state index contributed by atoms with van der Waals surface area (Å²) in [5.41, 5.74) is 0.485. The highest BCUT2D eigenvalue weighted by atomic mass is 16.6. The molecule has 20 heavy (non-hydrogen) atoms. The van der Waals surface area contributed by atoms with E-state index in [0.29, 0.717) is 13.1 Å². The Morgan fingerprint density at radius 3 is 2.60 bits per heavy atom. The van der Waals surface area contributed by atoms with Crippen LogP contribution in [0.4, 0.5) is 10.5 Å². The van der Waals surface area contributed by atoms with Gasteiger partial charge in [-0.2, -0.15) is 0 Å². The molecule has 0 bridgehead atoms. The van der Waals surface area contributed by atoms with E-state index in [2.05, 4.69) is 5.32 Å². The number of anilines is 1. The zero-order valence-electron chi connectivity index (χ0n) is 12.2. The Morgan fingerprint density at radius 1 is 1.35 bits per heavy atom. The maximum atomic E-state index is 11.9. The standard InChI is InChI=1S/C15H22N2O3/c1-15(2,3)20-14(19)17-9-8-12(10-17)16-11-4-6-13(18)7-5-11/h4-7,12,16,18H,8-10H2,1-3H3. The minimum Gasteiger partial charge on any atom is -0.508 e. The molecule has 110 valence electrons. The average molecular weight is 278 g/mol. The van der Waals surface area contributed by atoms with E-state index in [1.807, 2.05) is 32.9 Å². The van der Waals surface area contributed by atoms with Crippen molar-refractivity contribution in [2.24, 2.45) is 0 Å². The molecule has 1 amide bonds. The molecule has 1 aromatic carbocycles. The van der Waals surface area contributed by atoms with Crippen LogP contribution in [0.1, 0.15) is 27.2 Å². The van der Waals surface area contributed by atoms with E-state index in [0.717, 1.165) is 12.1 Å². The normalized spacial score (nSPS) is 18.9. The number of carbonyl (C=O) groups is 1. The molecule has 1 saturated heterocycles. The zero-order chi connectivity index (χ0) is 14.8. The minimum atomic E-state index is -0.459. The van der Waals surface area contributed by atoms with Crippen molar-refractivity contribution in [3.8, 4) is 5.75 Å². The van der Waals surface area contributed by atoms with Gasteiger partial charge in [-0.3, -0.25) is 0 Å². The van der Waals surface area contributed by atoms with Gasteiger partial charge in [0.15, 0.2) is 0 Å². The summed E-state index contributed by atoms with van der Waals surface area (Å²) in [6.07, 6.45) is 0.632. The highest BCUT2D eigenvalue weighted by molar-refractivity contribution is 5.68. The van der Waals surface area contributed by atoms with Gasteiger partial charge in [-0.25, -0.2) is 4.79 Å². The number of nitrogens with one attached hydrogen (secondary N) is 1. The quantitative estimate of drug-likeness (QED) is 0.817. The number of benzene rings is 1. The number of nitrogens with zero attached hydrogens (tertiary/aromatic N) is 1. The van der Waals surface area contributed by atoms with E-state index in [1.165, 1.54) is 0 Å². The van der Waals surface area contributed by atoms with Crippen LogP contribution in [-0.2, 0) is 4.74 Å². The summed E-state index contributed by atoms with van der Waals surface area (Å²) in [5, 5.41) is 12.6. The monoisotopic (exact) mass is 278 g/mol. The molecule has 5 heteroatoms. The van der Waals surface area contributed by atoms with Crippen LogP contribution in [0.2, 0.25) is 0 Å². The Labute approximate surface area is 119 Å². The van der Waals surface area contributed by atoms with Gasteiger partial charge in [-0.1, -0.05) is 0 Å². The van der Waals surface area contributed by atoms with E-state index in [9.17, 15) is 9.90 Å². The van der Waals surface area contributed by atoms with Crippen molar-refractivity contribution in [1.29, 1.82) is 0 Å². The number of amides is 1. The number of hydrogen-bond acceptors (Lipinski definition) is 4. The lowest BCUT2D eigenvalue weighted by Crippen LogP contribution is -2.36. The molecule has 1 fully saturated rings. The van der Waals surface area contributed by atoms with E-state index in [1.54, 1.807) is 17.0 Å². The van der Waals surface area contributed by atoms with Gasteiger partial charge < -0.3 is 20.1 Å². The van der Waals surface area contributed by atoms with Gasteiger partial charge in [0.2, 0.25) is 0 Å². The molecule has 0 spiro atoms. The lowest BCUT2D eigenvalue weighted by atomic mass is 10.2. The zero-order valence-corrected chi connectivity index (χ0v) is 12.2. The molecule has 1 unspecified atom stereocenters. The number of aromatic hydroxyl groups is 1. The summed E-state index contributed by atoms with van der Waals surface area (Å²) < 4.78 is 5.36. The van der Waals surface area contributed by atoms with E-state index in [4.69, 9.17) is 4.74 Å². The van der Waals surface area contributed by atoms with Crippen LogP contribution in [0.25, 0.3) is 0 Å². The fraction of sp³-hybridized carbons (Fsp3) is 0.533. The number of ether oxygens (including phenoxy) is 1. The molecular formula is C15H22N2O3. The van der Waals surface area contributed by atoms with E-state index >= 15 is 0 Å². The predicted molar refractivity (Wildman–Crippen MR) is 77.9 cm³/mol. The van der Waals surface area contributed by atoms with Crippen LogP contribution in [0.5, 0.6) is 5.75 Å². The third kappa shape index (κ3) is 4.05. The van der Waals surface area contributed by atoms with Gasteiger partial charge in [-0.05, 0) is 51.5 Å². The van der Waals surface area contributed by atoms with Crippen molar-refractivity contribution in [3.63, 3.8) is 0 Å². The van der Waals surface area contributed by atoms with Gasteiger partial charge in [0.05, 0.1) is 0 Å². The maximum Gasteiger partial charge on any atom is 0.410 e. The van der Waals surface area contributed by atoms with E-state index < -0.39 is 5.60 Å². The number of rotatable bonds is 2. The second-order valence-electron chi connectivity index (χ2n) is 6.10. The summed E-state index contributed by atoms with van der Waals surface area (Å²) in [4.78, 5) is 13.7. The van der Waals surface area contributed by atoms with Crippen LogP contribution in [0.15, 0.2) is 24.3 Å². The van der Waals surface area contributed by atoms with Crippen LogP contribution in [0, 0.1) is 0 Å². The molecule has 1 aromatic rings. The molecule has 0 saturated carbocycles. The number of carbonyl (C=O) groups excluding carboxylic acids is 1. The van der Waals surface area contributed by atoms with Crippen molar-refractivity contribution in [2.45, 2.75) is 38.8 Å². The van der Waals surface area contributed by atoms with Crippen molar-refractivity contribution >= 4 is 11.8 Å². The molecule has 0 aromatic heterocycles. The van der Waals surface area contributed by atoms with Gasteiger partial charge in [0, 0.05) is 24.8 Å². The first kappa shape index (κ1) is 14.5. The smallest absolute Gasteiger partial charge is 0.410 e. The predicted octanol–water partition coefficient (Wildman–Crippen LogP) is 2.81. The third-order valence-corrected chi connectivity index (χ3v) is 3.08. The van der Waals surface area contributed by atoms with Crippen LogP contribution >= 0.6 is 0 Å². The fourth-order valence-corrected chi connectivity index (χ4v) is 2.16. The SMILES string of the molecule is CC(C)(C)OC(=O)N1CCC(Nc2ccc(O)cc2)C1. The molecular weight excluding hydrogens is 256 g/mol. The molecule has 2 rings (SSSR count). The molecule has 1 aliphatic rings. The summed E-state index contributed by atoms with van der Waals surface area (Å²) in [5.74, 6) is 0.248. The second-order valence-corrected chi connectivity index (χ2v) is 6.10. The Bertz CT molecular complexity index is 465. The Morgan fingerprint density at radius 2 is 2.00 bits per heavy atom. The third-order valence-electron chi connectivity index (χ3n) is 3.08. The van der Waals surface area contributed by atoms with Crippen LogP contribution in [0.3, 0.4) is 0 Å². The van der Waals surface area contributed by atoms with Crippen LogP contribution < -0.4 is 5.32 Å². The lowest BCUT2D eigenvalue weighted by Gasteiger charge is -2.24. The Kier molecular flexibility index (Phi) is 4.06. The number of phenols is 1. The van der Waals surface area contributed by atoms with Crippen molar-refractivity contribution in [2.75, 3.05) is 18.4 Å². The maximum absolute atomic E-state index is 11.9. The molecule has 2 N–H and O–H groups in total. The first-order valence-electron chi connectivity index (χ1n) is 6.87.